The van der Waals surface area contributed by atoms with Crippen LogP contribution in [-0.4, -0.2) is 45.7 Å². The quantitative estimate of drug-likeness (QED) is 0.664. The van der Waals surface area contributed by atoms with Gasteiger partial charge < -0.3 is 15.1 Å². The summed E-state index contributed by atoms with van der Waals surface area (Å²) in [6, 6.07) is -0.747. The Balaban J connectivity index is 2.67. The molecule has 0 aromatic carbocycles. The fraction of sp³-hybridized carbons (Fsp3) is 0.778. The molecule has 2 N–H and O–H groups in total. The van der Waals surface area contributed by atoms with Gasteiger partial charge in [-0.15, -0.1) is 0 Å². The Morgan fingerprint density at radius 2 is 2.21 bits per heavy atom. The van der Waals surface area contributed by atoms with Crippen molar-refractivity contribution in [2.24, 2.45) is 0 Å². The van der Waals surface area contributed by atoms with Gasteiger partial charge in [-0.25, -0.2) is 4.79 Å². The van der Waals surface area contributed by atoms with E-state index < -0.39 is 24.0 Å². The molecule has 0 aromatic heterocycles. The monoisotopic (exact) mass is 201 g/mol. The summed E-state index contributed by atoms with van der Waals surface area (Å²) < 4.78 is 0. The van der Waals surface area contributed by atoms with Gasteiger partial charge >= 0.3 is 5.97 Å². The maximum atomic E-state index is 11.5. The third kappa shape index (κ3) is 2.04. The van der Waals surface area contributed by atoms with Crippen LogP contribution in [0.4, 0.5) is 0 Å². The van der Waals surface area contributed by atoms with E-state index in [1.54, 1.807) is 6.92 Å². The molecule has 1 fully saturated rings. The summed E-state index contributed by atoms with van der Waals surface area (Å²) >= 11 is 0. The number of nitrogens with zero attached hydrogens (tertiary/aromatic N) is 1. The molecule has 0 aliphatic carbocycles. The smallest absolute Gasteiger partial charge is 0.326 e. The number of carboxylic acid groups (broad SMARTS) is 1. The van der Waals surface area contributed by atoms with Crippen molar-refractivity contribution in [3.8, 4) is 0 Å². The summed E-state index contributed by atoms with van der Waals surface area (Å²) in [6.45, 7) is 2.13. The van der Waals surface area contributed by atoms with Gasteiger partial charge in [-0.05, 0) is 19.3 Å². The van der Waals surface area contributed by atoms with Crippen LogP contribution in [0.2, 0.25) is 0 Å². The Morgan fingerprint density at radius 3 is 2.71 bits per heavy atom. The number of aliphatic carboxylic acids is 1. The lowest BCUT2D eigenvalue weighted by molar-refractivity contribution is -0.152. The number of amides is 1. The van der Waals surface area contributed by atoms with E-state index in [0.717, 1.165) is 0 Å². The lowest BCUT2D eigenvalue weighted by Gasteiger charge is -2.23. The molecule has 0 saturated carbocycles. The van der Waals surface area contributed by atoms with Crippen LogP contribution in [0, 0.1) is 0 Å². The highest BCUT2D eigenvalue weighted by Gasteiger charge is 2.35. The third-order valence-corrected chi connectivity index (χ3v) is 2.49. The Morgan fingerprint density at radius 1 is 1.57 bits per heavy atom. The molecule has 0 spiro atoms. The molecule has 0 bridgehead atoms. The summed E-state index contributed by atoms with van der Waals surface area (Å²) in [4.78, 5) is 23.5. The van der Waals surface area contributed by atoms with Crippen LogP contribution >= 0.6 is 0 Å². The molecule has 1 saturated heterocycles. The van der Waals surface area contributed by atoms with E-state index in [1.807, 2.05) is 0 Å². The number of hydrogen-bond donors (Lipinski definition) is 2. The van der Waals surface area contributed by atoms with E-state index in [-0.39, 0.29) is 0 Å². The molecule has 1 amide bonds. The highest BCUT2D eigenvalue weighted by molar-refractivity contribution is 5.86. The Kier molecular flexibility index (Phi) is 3.46. The second kappa shape index (κ2) is 4.41. The van der Waals surface area contributed by atoms with Crippen LogP contribution in [0.5, 0.6) is 0 Å². The van der Waals surface area contributed by atoms with Gasteiger partial charge in [-0.3, -0.25) is 4.79 Å². The van der Waals surface area contributed by atoms with E-state index in [0.29, 0.717) is 25.8 Å². The maximum absolute atomic E-state index is 11.5. The van der Waals surface area contributed by atoms with Crippen molar-refractivity contribution in [3.63, 3.8) is 0 Å². The summed E-state index contributed by atoms with van der Waals surface area (Å²) in [5.41, 5.74) is 0. The summed E-state index contributed by atoms with van der Waals surface area (Å²) in [7, 11) is 0. The molecule has 0 radical (unpaired) electrons. The van der Waals surface area contributed by atoms with Crippen LogP contribution in [0.1, 0.15) is 26.2 Å². The number of carbonyl (C=O) groups excluding carboxylic acids is 1. The molecule has 0 aromatic rings. The molecule has 2 atom stereocenters. The van der Waals surface area contributed by atoms with Crippen molar-refractivity contribution < 1.29 is 19.8 Å². The minimum absolute atomic E-state index is 0.321. The van der Waals surface area contributed by atoms with Gasteiger partial charge in [0.05, 0.1) is 0 Å². The van der Waals surface area contributed by atoms with Crippen LogP contribution in [0.25, 0.3) is 0 Å². The predicted octanol–water partition coefficient (Wildman–Crippen LogP) is -0.167. The van der Waals surface area contributed by atoms with E-state index in [4.69, 9.17) is 5.11 Å². The van der Waals surface area contributed by atoms with E-state index in [2.05, 4.69) is 0 Å². The Labute approximate surface area is 82.3 Å². The lowest BCUT2D eigenvalue weighted by atomic mass is 10.2. The standard InChI is InChI=1S/C9H15NO4/c1-2-7(11)8(12)10-5-3-4-6(10)9(13)14/h6-7,11H,2-5H2,1H3,(H,13,14)/t6-,7?/m0/s1. The Hall–Kier alpha value is -1.10. The fourth-order valence-electron chi connectivity index (χ4n) is 1.65. The zero-order valence-corrected chi connectivity index (χ0v) is 8.14. The number of carboxylic acids is 1. The van der Waals surface area contributed by atoms with Crippen LogP contribution in [0.15, 0.2) is 0 Å². The topological polar surface area (TPSA) is 77.8 Å². The largest absolute Gasteiger partial charge is 0.480 e. The van der Waals surface area contributed by atoms with Crippen LogP contribution in [0.3, 0.4) is 0 Å². The minimum atomic E-state index is -1.06. The minimum Gasteiger partial charge on any atom is -0.480 e. The lowest BCUT2D eigenvalue weighted by Crippen LogP contribution is -2.45. The molecule has 14 heavy (non-hydrogen) atoms. The average Bonchev–Trinajstić information content (AvgIpc) is 2.63. The molecule has 5 nitrogen and oxygen atoms in total. The molecule has 80 valence electrons. The summed E-state index contributed by atoms with van der Waals surface area (Å²) in [5.74, 6) is -1.45. The van der Waals surface area contributed by atoms with Gasteiger partial charge in [0.2, 0.25) is 0 Å². The van der Waals surface area contributed by atoms with Crippen molar-refractivity contribution in [1.29, 1.82) is 0 Å². The average molecular weight is 201 g/mol. The van der Waals surface area contributed by atoms with E-state index >= 15 is 0 Å². The number of rotatable bonds is 3. The van der Waals surface area contributed by atoms with Gasteiger partial charge in [-0.2, -0.15) is 0 Å². The van der Waals surface area contributed by atoms with Crippen molar-refractivity contribution >= 4 is 11.9 Å². The van der Waals surface area contributed by atoms with E-state index in [9.17, 15) is 14.7 Å². The highest BCUT2D eigenvalue weighted by Crippen LogP contribution is 2.18. The molecule has 5 heteroatoms. The molecule has 1 rings (SSSR count). The number of aliphatic hydroxyl groups excluding tert-OH is 1. The molecule has 1 aliphatic rings. The number of carbonyl (C=O) groups is 2. The fourth-order valence-corrected chi connectivity index (χ4v) is 1.65. The molecule has 1 heterocycles. The van der Waals surface area contributed by atoms with Crippen molar-refractivity contribution in [2.75, 3.05) is 6.54 Å². The second-order valence-corrected chi connectivity index (χ2v) is 3.45. The van der Waals surface area contributed by atoms with Crippen molar-refractivity contribution in [1.82, 2.24) is 4.90 Å². The number of likely N-dealkylation sites (tertiary alicyclic amines) is 1. The molecular formula is C9H15NO4. The normalized spacial score (nSPS) is 23.6. The SMILES string of the molecule is CCC(O)C(=O)N1CCC[C@H]1C(=O)O. The van der Waals surface area contributed by atoms with Crippen molar-refractivity contribution in [3.05, 3.63) is 0 Å². The van der Waals surface area contributed by atoms with Gasteiger partial charge in [0, 0.05) is 6.54 Å². The zero-order valence-electron chi connectivity index (χ0n) is 8.14. The number of hydrogen-bond acceptors (Lipinski definition) is 3. The zero-order chi connectivity index (χ0) is 10.7. The summed E-state index contributed by atoms with van der Waals surface area (Å²) in [5, 5.41) is 18.1. The van der Waals surface area contributed by atoms with Crippen LogP contribution in [-0.2, 0) is 9.59 Å². The van der Waals surface area contributed by atoms with Gasteiger partial charge in [0.15, 0.2) is 0 Å². The molecule has 1 aliphatic heterocycles. The second-order valence-electron chi connectivity index (χ2n) is 3.45. The summed E-state index contributed by atoms with van der Waals surface area (Å²) in [6.07, 6.45) is 0.438. The third-order valence-electron chi connectivity index (χ3n) is 2.49. The maximum Gasteiger partial charge on any atom is 0.326 e. The van der Waals surface area contributed by atoms with E-state index in [1.165, 1.54) is 4.90 Å². The van der Waals surface area contributed by atoms with Gasteiger partial charge in [0.1, 0.15) is 12.1 Å². The first-order chi connectivity index (χ1) is 6.57. The first kappa shape index (κ1) is 11.0. The Bertz CT molecular complexity index is 241. The van der Waals surface area contributed by atoms with Gasteiger partial charge in [-0.1, -0.05) is 6.92 Å². The van der Waals surface area contributed by atoms with Crippen LogP contribution < -0.4 is 0 Å². The van der Waals surface area contributed by atoms with Gasteiger partial charge in [0.25, 0.3) is 5.91 Å². The highest BCUT2D eigenvalue weighted by atomic mass is 16.4. The number of aliphatic hydroxyl groups is 1. The molecular weight excluding hydrogens is 186 g/mol. The predicted molar refractivity (Wildman–Crippen MR) is 48.7 cm³/mol. The van der Waals surface area contributed by atoms with Crippen molar-refractivity contribution in [2.45, 2.75) is 38.3 Å². The first-order valence-electron chi connectivity index (χ1n) is 4.79. The first-order valence-corrected chi connectivity index (χ1v) is 4.79. The molecule has 1 unspecified atom stereocenters.